The summed E-state index contributed by atoms with van der Waals surface area (Å²) in [5.74, 6) is 0.348. The van der Waals surface area contributed by atoms with Crippen LogP contribution in [0.3, 0.4) is 0 Å². The number of hydrogen-bond acceptors (Lipinski definition) is 5. The number of nitro groups is 1. The third-order valence-electron chi connectivity index (χ3n) is 3.62. The molecule has 2 rings (SSSR count). The molecule has 1 aromatic rings. The molecule has 0 saturated heterocycles. The number of benzene rings is 1. The van der Waals surface area contributed by atoms with Gasteiger partial charge < -0.3 is 5.32 Å². The molecule has 116 valence electrons. The molecule has 0 amide bonds. The highest BCUT2D eigenvalue weighted by Gasteiger charge is 2.40. The van der Waals surface area contributed by atoms with Gasteiger partial charge in [-0.2, -0.15) is 0 Å². The van der Waals surface area contributed by atoms with Gasteiger partial charge in [-0.15, -0.1) is 0 Å². The van der Waals surface area contributed by atoms with E-state index in [1.165, 1.54) is 18.2 Å². The van der Waals surface area contributed by atoms with E-state index in [9.17, 15) is 18.5 Å². The number of nitro benzene ring substituents is 1. The molecular formula is C13H19N3O4S. The van der Waals surface area contributed by atoms with Crippen LogP contribution in [0.1, 0.15) is 26.2 Å². The average molecular weight is 313 g/mol. The number of rotatable bonds is 7. The number of hydrogen-bond donors (Lipinski definition) is 2. The third kappa shape index (κ3) is 3.51. The van der Waals surface area contributed by atoms with E-state index < -0.39 is 20.6 Å². The van der Waals surface area contributed by atoms with Crippen molar-refractivity contribution in [3.63, 3.8) is 0 Å². The van der Waals surface area contributed by atoms with E-state index in [1.54, 1.807) is 7.05 Å². The molecule has 21 heavy (non-hydrogen) atoms. The molecule has 0 spiro atoms. The quantitative estimate of drug-likeness (QED) is 0.593. The maximum absolute atomic E-state index is 12.3. The van der Waals surface area contributed by atoms with E-state index in [0.29, 0.717) is 11.6 Å². The Kier molecular flexibility index (Phi) is 4.48. The van der Waals surface area contributed by atoms with E-state index in [4.69, 9.17) is 0 Å². The molecule has 1 fully saturated rings. The fourth-order valence-electron chi connectivity index (χ4n) is 2.39. The van der Waals surface area contributed by atoms with Gasteiger partial charge in [0, 0.05) is 24.8 Å². The summed E-state index contributed by atoms with van der Waals surface area (Å²) >= 11 is 0. The standard InChI is InChI=1S/C13H19N3O4S/c1-3-4-9-7-11(9)15-21(19,20)13-6-5-10(14-2)8-12(13)16(17)18/h5-6,8-9,11,14-15H,3-4,7H2,1-2H3. The molecule has 2 N–H and O–H groups in total. The second-order valence-electron chi connectivity index (χ2n) is 5.20. The van der Waals surface area contributed by atoms with Crippen molar-refractivity contribution in [2.75, 3.05) is 12.4 Å². The molecule has 1 aliphatic carbocycles. The number of nitrogens with one attached hydrogen (secondary N) is 2. The van der Waals surface area contributed by atoms with Gasteiger partial charge in [-0.1, -0.05) is 13.3 Å². The molecule has 7 nitrogen and oxygen atoms in total. The van der Waals surface area contributed by atoms with E-state index in [0.717, 1.165) is 19.3 Å². The van der Waals surface area contributed by atoms with Crippen LogP contribution in [-0.4, -0.2) is 26.4 Å². The van der Waals surface area contributed by atoms with Crippen molar-refractivity contribution >= 4 is 21.4 Å². The largest absolute Gasteiger partial charge is 0.388 e. The summed E-state index contributed by atoms with van der Waals surface area (Å²) in [5, 5.41) is 13.8. The van der Waals surface area contributed by atoms with Crippen LogP contribution in [0.25, 0.3) is 0 Å². The molecule has 8 heteroatoms. The van der Waals surface area contributed by atoms with Crippen molar-refractivity contribution in [2.24, 2.45) is 5.92 Å². The summed E-state index contributed by atoms with van der Waals surface area (Å²) in [6.45, 7) is 2.05. The predicted octanol–water partition coefficient (Wildman–Crippen LogP) is 2.10. The zero-order valence-corrected chi connectivity index (χ0v) is 12.8. The van der Waals surface area contributed by atoms with Crippen molar-refractivity contribution in [2.45, 2.75) is 37.1 Å². The number of nitrogens with zero attached hydrogens (tertiary/aromatic N) is 1. The zero-order valence-electron chi connectivity index (χ0n) is 12.0. The van der Waals surface area contributed by atoms with Gasteiger partial charge in [0.2, 0.25) is 10.0 Å². The third-order valence-corrected chi connectivity index (χ3v) is 5.16. The van der Waals surface area contributed by atoms with Crippen LogP contribution >= 0.6 is 0 Å². The van der Waals surface area contributed by atoms with Crippen LogP contribution in [0, 0.1) is 16.0 Å². The Morgan fingerprint density at radius 3 is 2.71 bits per heavy atom. The van der Waals surface area contributed by atoms with Gasteiger partial charge in [0.05, 0.1) is 4.92 Å². The summed E-state index contributed by atoms with van der Waals surface area (Å²) < 4.78 is 27.2. The Labute approximate surface area is 123 Å². The topological polar surface area (TPSA) is 101 Å². The smallest absolute Gasteiger partial charge is 0.291 e. The summed E-state index contributed by atoms with van der Waals surface area (Å²) in [6.07, 6.45) is 2.77. The van der Waals surface area contributed by atoms with Crippen molar-refractivity contribution < 1.29 is 13.3 Å². The van der Waals surface area contributed by atoms with Gasteiger partial charge in [0.1, 0.15) is 0 Å². The predicted molar refractivity (Wildman–Crippen MR) is 79.8 cm³/mol. The average Bonchev–Trinajstić information content (AvgIpc) is 3.15. The molecule has 0 heterocycles. The Bertz CT molecular complexity index is 645. The Morgan fingerprint density at radius 1 is 1.43 bits per heavy atom. The van der Waals surface area contributed by atoms with Gasteiger partial charge in [-0.3, -0.25) is 10.1 Å². The second kappa shape index (κ2) is 5.98. The number of sulfonamides is 1. The van der Waals surface area contributed by atoms with Crippen LogP contribution in [0.4, 0.5) is 11.4 Å². The first-order chi connectivity index (χ1) is 9.89. The van der Waals surface area contributed by atoms with Crippen molar-refractivity contribution in [3.05, 3.63) is 28.3 Å². The maximum atomic E-state index is 12.3. The molecule has 1 saturated carbocycles. The van der Waals surface area contributed by atoms with Crippen LogP contribution in [0.5, 0.6) is 0 Å². The summed E-state index contributed by atoms with van der Waals surface area (Å²) in [5.41, 5.74) is 0.0815. The highest BCUT2D eigenvalue weighted by atomic mass is 32.2. The molecule has 1 aromatic carbocycles. The second-order valence-corrected chi connectivity index (χ2v) is 6.88. The van der Waals surface area contributed by atoms with Gasteiger partial charge in [-0.25, -0.2) is 13.1 Å². The minimum absolute atomic E-state index is 0.0986. The minimum Gasteiger partial charge on any atom is -0.388 e. The highest BCUT2D eigenvalue weighted by Crippen LogP contribution is 2.36. The van der Waals surface area contributed by atoms with E-state index in [2.05, 4.69) is 10.0 Å². The summed E-state index contributed by atoms with van der Waals surface area (Å²) in [7, 11) is -2.25. The van der Waals surface area contributed by atoms with Crippen LogP contribution in [0.15, 0.2) is 23.1 Å². The van der Waals surface area contributed by atoms with Crippen LogP contribution in [0.2, 0.25) is 0 Å². The van der Waals surface area contributed by atoms with Gasteiger partial charge in [0.25, 0.3) is 5.69 Å². The molecule has 2 atom stereocenters. The normalized spacial score (nSPS) is 21.0. The highest BCUT2D eigenvalue weighted by molar-refractivity contribution is 7.89. The Morgan fingerprint density at radius 2 is 2.14 bits per heavy atom. The van der Waals surface area contributed by atoms with Crippen molar-refractivity contribution in [3.8, 4) is 0 Å². The molecule has 2 unspecified atom stereocenters. The lowest BCUT2D eigenvalue weighted by atomic mass is 10.2. The lowest BCUT2D eigenvalue weighted by molar-refractivity contribution is -0.387. The fourth-order valence-corrected chi connectivity index (χ4v) is 3.86. The first-order valence-corrected chi connectivity index (χ1v) is 8.36. The lowest BCUT2D eigenvalue weighted by Gasteiger charge is -2.08. The van der Waals surface area contributed by atoms with E-state index in [1.807, 2.05) is 6.92 Å². The molecule has 1 aliphatic rings. The first kappa shape index (κ1) is 15.7. The van der Waals surface area contributed by atoms with Gasteiger partial charge >= 0.3 is 0 Å². The van der Waals surface area contributed by atoms with Crippen molar-refractivity contribution in [1.29, 1.82) is 0 Å². The SMILES string of the molecule is CCCC1CC1NS(=O)(=O)c1ccc(NC)cc1[N+](=O)[O-]. The van der Waals surface area contributed by atoms with Crippen LogP contribution in [-0.2, 0) is 10.0 Å². The molecule has 0 radical (unpaired) electrons. The van der Waals surface area contributed by atoms with Crippen LogP contribution < -0.4 is 10.0 Å². The van der Waals surface area contributed by atoms with E-state index in [-0.39, 0.29) is 10.9 Å². The molecular weight excluding hydrogens is 294 g/mol. The Hall–Kier alpha value is -1.67. The molecule has 0 aliphatic heterocycles. The summed E-state index contributed by atoms with van der Waals surface area (Å²) in [6, 6.07) is 3.91. The summed E-state index contributed by atoms with van der Waals surface area (Å²) in [4.78, 5) is 10.1. The van der Waals surface area contributed by atoms with Crippen molar-refractivity contribution in [1.82, 2.24) is 4.72 Å². The molecule has 0 bridgehead atoms. The first-order valence-electron chi connectivity index (χ1n) is 6.87. The Balaban J connectivity index is 2.26. The lowest BCUT2D eigenvalue weighted by Crippen LogP contribution is -2.27. The molecule has 0 aromatic heterocycles. The zero-order chi connectivity index (χ0) is 15.6. The van der Waals surface area contributed by atoms with Gasteiger partial charge in [-0.05, 0) is 30.9 Å². The fraction of sp³-hybridized carbons (Fsp3) is 0.538. The van der Waals surface area contributed by atoms with Gasteiger partial charge in [0.15, 0.2) is 4.90 Å². The monoisotopic (exact) mass is 313 g/mol. The van der Waals surface area contributed by atoms with E-state index >= 15 is 0 Å². The number of anilines is 1. The maximum Gasteiger partial charge on any atom is 0.291 e. The minimum atomic E-state index is -3.87.